The van der Waals surface area contributed by atoms with Crippen LogP contribution in [0.1, 0.15) is 19.3 Å². The van der Waals surface area contributed by atoms with E-state index in [9.17, 15) is 0 Å². The Balaban J connectivity index is 1.69. The van der Waals surface area contributed by atoms with E-state index in [0.717, 1.165) is 19.3 Å². The van der Waals surface area contributed by atoms with Gasteiger partial charge >= 0.3 is 0 Å². The van der Waals surface area contributed by atoms with Gasteiger partial charge in [0.1, 0.15) is 0 Å². The fourth-order valence-electron chi connectivity index (χ4n) is 1.99. The Hall–Kier alpha value is -0.120. The summed E-state index contributed by atoms with van der Waals surface area (Å²) in [5.74, 6) is 0. The first-order chi connectivity index (χ1) is 5.95. The lowest BCUT2D eigenvalue weighted by atomic mass is 10.1. The molecule has 0 radical (unpaired) electrons. The zero-order chi connectivity index (χ0) is 8.23. The predicted octanol–water partition coefficient (Wildman–Crippen LogP) is 0.117. The molecule has 0 bridgehead atoms. The van der Waals surface area contributed by atoms with Gasteiger partial charge in [0, 0.05) is 18.7 Å². The number of rotatable bonds is 2. The molecule has 2 N–H and O–H groups in total. The van der Waals surface area contributed by atoms with Crippen molar-refractivity contribution >= 4 is 0 Å². The topological polar surface area (TPSA) is 33.3 Å². The van der Waals surface area contributed by atoms with Gasteiger partial charge in [-0.3, -0.25) is 0 Å². The van der Waals surface area contributed by atoms with E-state index in [-0.39, 0.29) is 0 Å². The Kier molecular flexibility index (Phi) is 2.98. The molecule has 0 saturated carbocycles. The fourth-order valence-corrected chi connectivity index (χ4v) is 1.99. The Morgan fingerprint density at radius 2 is 1.92 bits per heavy atom. The fraction of sp³-hybridized carbons (Fsp3) is 1.00. The van der Waals surface area contributed by atoms with Gasteiger partial charge in [-0.15, -0.1) is 0 Å². The van der Waals surface area contributed by atoms with Gasteiger partial charge in [0.2, 0.25) is 0 Å². The van der Waals surface area contributed by atoms with Crippen LogP contribution < -0.4 is 10.6 Å². The minimum absolute atomic E-state index is 0.632. The summed E-state index contributed by atoms with van der Waals surface area (Å²) in [5, 5.41) is 7.02. The number of ether oxygens (including phenoxy) is 1. The lowest BCUT2D eigenvalue weighted by molar-refractivity contribution is 0.186. The Morgan fingerprint density at radius 1 is 1.08 bits per heavy atom. The zero-order valence-corrected chi connectivity index (χ0v) is 7.51. The maximum atomic E-state index is 5.32. The van der Waals surface area contributed by atoms with Crippen molar-refractivity contribution in [3.8, 4) is 0 Å². The number of hydrogen-bond donors (Lipinski definition) is 2. The van der Waals surface area contributed by atoms with Crippen molar-refractivity contribution in [2.45, 2.75) is 31.3 Å². The SMILES string of the molecule is C1CC(N[C@@H]2CCOC2)CCN1. The van der Waals surface area contributed by atoms with Crippen molar-refractivity contribution in [2.75, 3.05) is 26.3 Å². The molecule has 1 atom stereocenters. The first-order valence-electron chi connectivity index (χ1n) is 4.99. The molecule has 0 aromatic heterocycles. The average molecular weight is 170 g/mol. The van der Waals surface area contributed by atoms with Crippen molar-refractivity contribution in [1.29, 1.82) is 0 Å². The van der Waals surface area contributed by atoms with E-state index < -0.39 is 0 Å². The molecule has 0 unspecified atom stereocenters. The van der Waals surface area contributed by atoms with Crippen LogP contribution in [0.5, 0.6) is 0 Å². The second kappa shape index (κ2) is 4.21. The number of piperidine rings is 1. The number of nitrogens with one attached hydrogen (secondary N) is 2. The Bertz CT molecular complexity index is 128. The van der Waals surface area contributed by atoms with Crippen LogP contribution >= 0.6 is 0 Å². The highest BCUT2D eigenvalue weighted by Crippen LogP contribution is 2.08. The highest BCUT2D eigenvalue weighted by molar-refractivity contribution is 4.80. The van der Waals surface area contributed by atoms with Crippen LogP contribution in [0.15, 0.2) is 0 Å². The van der Waals surface area contributed by atoms with Crippen LogP contribution in [-0.4, -0.2) is 38.4 Å². The lowest BCUT2D eigenvalue weighted by Gasteiger charge is -2.26. The van der Waals surface area contributed by atoms with E-state index in [0.29, 0.717) is 6.04 Å². The molecule has 0 aliphatic carbocycles. The second-order valence-electron chi connectivity index (χ2n) is 3.75. The maximum Gasteiger partial charge on any atom is 0.0620 e. The zero-order valence-electron chi connectivity index (χ0n) is 7.51. The molecule has 12 heavy (non-hydrogen) atoms. The van der Waals surface area contributed by atoms with Crippen LogP contribution in [0.4, 0.5) is 0 Å². The second-order valence-corrected chi connectivity index (χ2v) is 3.75. The highest BCUT2D eigenvalue weighted by Gasteiger charge is 2.20. The molecule has 2 fully saturated rings. The van der Waals surface area contributed by atoms with Crippen LogP contribution in [0.2, 0.25) is 0 Å². The molecule has 2 saturated heterocycles. The highest BCUT2D eigenvalue weighted by atomic mass is 16.5. The molecule has 2 aliphatic rings. The van der Waals surface area contributed by atoms with E-state index in [1.165, 1.54) is 32.4 Å². The molecule has 0 spiro atoms. The van der Waals surface area contributed by atoms with Crippen LogP contribution in [0.3, 0.4) is 0 Å². The lowest BCUT2D eigenvalue weighted by Crippen LogP contribution is -2.44. The average Bonchev–Trinajstić information content (AvgIpc) is 2.59. The standard InChI is InChI=1S/C9H18N2O/c1-4-10-5-2-8(1)11-9-3-6-12-7-9/h8-11H,1-7H2/t9-/m1/s1. The molecular weight excluding hydrogens is 152 g/mol. The van der Waals surface area contributed by atoms with Gasteiger partial charge in [0.05, 0.1) is 6.61 Å². The van der Waals surface area contributed by atoms with Crippen molar-refractivity contribution in [1.82, 2.24) is 10.6 Å². The van der Waals surface area contributed by atoms with E-state index in [1.807, 2.05) is 0 Å². The van der Waals surface area contributed by atoms with Crippen LogP contribution in [0.25, 0.3) is 0 Å². The van der Waals surface area contributed by atoms with Crippen molar-refractivity contribution in [3.63, 3.8) is 0 Å². The van der Waals surface area contributed by atoms with E-state index in [4.69, 9.17) is 4.74 Å². The largest absolute Gasteiger partial charge is 0.380 e. The summed E-state index contributed by atoms with van der Waals surface area (Å²) in [5.41, 5.74) is 0. The van der Waals surface area contributed by atoms with Crippen molar-refractivity contribution in [3.05, 3.63) is 0 Å². The molecule has 2 rings (SSSR count). The summed E-state index contributed by atoms with van der Waals surface area (Å²) in [6, 6.07) is 1.37. The van der Waals surface area contributed by atoms with Gasteiger partial charge in [0.15, 0.2) is 0 Å². The van der Waals surface area contributed by atoms with Gasteiger partial charge < -0.3 is 15.4 Å². The summed E-state index contributed by atoms with van der Waals surface area (Å²) < 4.78 is 5.32. The predicted molar refractivity (Wildman–Crippen MR) is 48.3 cm³/mol. The minimum atomic E-state index is 0.632. The van der Waals surface area contributed by atoms with Gasteiger partial charge in [-0.25, -0.2) is 0 Å². The summed E-state index contributed by atoms with van der Waals surface area (Å²) in [6.07, 6.45) is 3.75. The summed E-state index contributed by atoms with van der Waals surface area (Å²) in [7, 11) is 0. The molecule has 2 heterocycles. The minimum Gasteiger partial charge on any atom is -0.380 e. The number of hydrogen-bond acceptors (Lipinski definition) is 3. The summed E-state index contributed by atoms with van der Waals surface area (Å²) >= 11 is 0. The third kappa shape index (κ3) is 2.19. The molecule has 0 amide bonds. The monoisotopic (exact) mass is 170 g/mol. The quantitative estimate of drug-likeness (QED) is 0.617. The molecule has 70 valence electrons. The van der Waals surface area contributed by atoms with Crippen molar-refractivity contribution in [2.24, 2.45) is 0 Å². The first kappa shape index (κ1) is 8.48. The first-order valence-corrected chi connectivity index (χ1v) is 4.99. The van der Waals surface area contributed by atoms with Gasteiger partial charge in [-0.2, -0.15) is 0 Å². The normalized spacial score (nSPS) is 32.5. The third-order valence-electron chi connectivity index (χ3n) is 2.74. The van der Waals surface area contributed by atoms with E-state index in [2.05, 4.69) is 10.6 Å². The molecule has 0 aromatic rings. The van der Waals surface area contributed by atoms with Gasteiger partial charge in [-0.1, -0.05) is 0 Å². The Morgan fingerprint density at radius 3 is 2.58 bits per heavy atom. The van der Waals surface area contributed by atoms with Gasteiger partial charge in [0.25, 0.3) is 0 Å². The van der Waals surface area contributed by atoms with Crippen molar-refractivity contribution < 1.29 is 4.74 Å². The van der Waals surface area contributed by atoms with Crippen LogP contribution in [0, 0.1) is 0 Å². The van der Waals surface area contributed by atoms with Crippen LogP contribution in [-0.2, 0) is 4.74 Å². The Labute approximate surface area is 73.9 Å². The van der Waals surface area contributed by atoms with Gasteiger partial charge in [-0.05, 0) is 32.4 Å². The summed E-state index contributed by atoms with van der Waals surface area (Å²) in [6.45, 7) is 4.21. The smallest absolute Gasteiger partial charge is 0.0620 e. The molecule has 2 aliphatic heterocycles. The molecular formula is C9H18N2O. The molecule has 3 heteroatoms. The molecule has 3 nitrogen and oxygen atoms in total. The maximum absolute atomic E-state index is 5.32. The van der Waals surface area contributed by atoms with E-state index >= 15 is 0 Å². The molecule has 0 aromatic carbocycles. The van der Waals surface area contributed by atoms with E-state index in [1.54, 1.807) is 0 Å². The third-order valence-corrected chi connectivity index (χ3v) is 2.74. The summed E-state index contributed by atoms with van der Waals surface area (Å²) in [4.78, 5) is 0.